The van der Waals surface area contributed by atoms with Gasteiger partial charge in [0.1, 0.15) is 12.4 Å². The van der Waals surface area contributed by atoms with E-state index in [-0.39, 0.29) is 5.90 Å². The summed E-state index contributed by atoms with van der Waals surface area (Å²) >= 11 is 1.57. The number of pyridine rings is 1. The molecule has 0 amide bonds. The van der Waals surface area contributed by atoms with Gasteiger partial charge in [-0.25, -0.2) is 4.98 Å². The van der Waals surface area contributed by atoms with Crippen LogP contribution in [0.4, 0.5) is 0 Å². The van der Waals surface area contributed by atoms with Crippen molar-refractivity contribution in [3.63, 3.8) is 0 Å². The van der Waals surface area contributed by atoms with Crippen LogP contribution in [0.5, 0.6) is 5.75 Å². The van der Waals surface area contributed by atoms with Gasteiger partial charge in [0, 0.05) is 15.8 Å². The third-order valence-electron chi connectivity index (χ3n) is 4.46. The molecule has 2 heterocycles. The summed E-state index contributed by atoms with van der Waals surface area (Å²) in [7, 11) is 0. The van der Waals surface area contributed by atoms with E-state index in [4.69, 9.17) is 20.3 Å². The van der Waals surface area contributed by atoms with Crippen molar-refractivity contribution < 1.29 is 9.47 Å². The summed E-state index contributed by atoms with van der Waals surface area (Å²) < 4.78 is 10.9. The van der Waals surface area contributed by atoms with Crippen LogP contribution in [0.3, 0.4) is 0 Å². The Morgan fingerprint density at radius 2 is 1.80 bits per heavy atom. The van der Waals surface area contributed by atoms with Gasteiger partial charge in [0.2, 0.25) is 5.90 Å². The predicted octanol–water partition coefficient (Wildman–Crippen LogP) is 6.02. The van der Waals surface area contributed by atoms with Crippen LogP contribution in [0.25, 0.3) is 22.6 Å². The van der Waals surface area contributed by atoms with Crippen LogP contribution in [0.1, 0.15) is 16.1 Å². The van der Waals surface area contributed by atoms with Crippen molar-refractivity contribution >= 4 is 46.2 Å². The number of aromatic nitrogens is 1. The molecular formula is C24H19N3O2S. The predicted molar refractivity (Wildman–Crippen MR) is 122 cm³/mol. The van der Waals surface area contributed by atoms with E-state index in [0.717, 1.165) is 33.4 Å². The lowest BCUT2D eigenvalue weighted by Crippen LogP contribution is -2.05. The standard InChI is InChI=1S/C24H19N3O2S/c25-16-29-24(26)22(14-21-5-3-13-30-21)17-8-11-20(12-9-17)28-15-19-10-7-18-4-1-2-6-23(18)27-19/h1-14,16,25-26H,15H2/b22-14+,25-16?,26-24?. The summed E-state index contributed by atoms with van der Waals surface area (Å²) in [6.45, 7) is 0.370. The molecule has 0 aliphatic rings. The Bertz CT molecular complexity index is 1200. The van der Waals surface area contributed by atoms with Crippen LogP contribution in [-0.2, 0) is 11.3 Å². The highest BCUT2D eigenvalue weighted by Crippen LogP contribution is 2.25. The van der Waals surface area contributed by atoms with E-state index in [0.29, 0.717) is 17.9 Å². The second-order valence-corrected chi connectivity index (χ2v) is 7.43. The maximum Gasteiger partial charge on any atom is 0.221 e. The van der Waals surface area contributed by atoms with Crippen molar-refractivity contribution in [3.8, 4) is 5.75 Å². The largest absolute Gasteiger partial charge is 0.487 e. The molecule has 0 unspecified atom stereocenters. The number of fused-ring (bicyclic) bond motifs is 1. The highest BCUT2D eigenvalue weighted by molar-refractivity contribution is 7.11. The third kappa shape index (κ3) is 4.61. The molecule has 0 saturated carbocycles. The average molecular weight is 414 g/mol. The first-order valence-electron chi connectivity index (χ1n) is 9.30. The molecular weight excluding hydrogens is 394 g/mol. The number of ether oxygens (including phenoxy) is 2. The van der Waals surface area contributed by atoms with Gasteiger partial charge in [-0.15, -0.1) is 11.3 Å². The van der Waals surface area contributed by atoms with E-state index in [1.807, 2.05) is 84.3 Å². The zero-order chi connectivity index (χ0) is 20.8. The van der Waals surface area contributed by atoms with Gasteiger partial charge in [0.05, 0.1) is 11.2 Å². The first-order valence-corrected chi connectivity index (χ1v) is 10.2. The van der Waals surface area contributed by atoms with Gasteiger partial charge in [0.25, 0.3) is 0 Å². The van der Waals surface area contributed by atoms with E-state index < -0.39 is 0 Å². The summed E-state index contributed by atoms with van der Waals surface area (Å²) in [4.78, 5) is 5.63. The van der Waals surface area contributed by atoms with Gasteiger partial charge in [-0.3, -0.25) is 10.8 Å². The maximum absolute atomic E-state index is 8.12. The molecule has 148 valence electrons. The Morgan fingerprint density at radius 1 is 0.967 bits per heavy atom. The summed E-state index contributed by atoms with van der Waals surface area (Å²) in [6, 6.07) is 23.4. The summed E-state index contributed by atoms with van der Waals surface area (Å²) in [5, 5.41) is 18.3. The topological polar surface area (TPSA) is 79.0 Å². The van der Waals surface area contributed by atoms with Gasteiger partial charge in [-0.05, 0) is 47.4 Å². The molecule has 0 saturated heterocycles. The summed E-state index contributed by atoms with van der Waals surface area (Å²) in [5.74, 6) is 0.635. The Balaban J connectivity index is 1.50. The van der Waals surface area contributed by atoms with Crippen molar-refractivity contribution in [1.29, 1.82) is 10.8 Å². The van der Waals surface area contributed by atoms with Crippen LogP contribution in [-0.4, -0.2) is 17.3 Å². The number of hydrogen-bond donors (Lipinski definition) is 2. The SMILES string of the molecule is N=COC(=N)/C(=C/c1cccs1)c1ccc(OCc2ccc3ccccc3n2)cc1. The molecule has 2 N–H and O–H groups in total. The summed E-state index contributed by atoms with van der Waals surface area (Å²) in [6.07, 6.45) is 2.64. The van der Waals surface area contributed by atoms with E-state index in [2.05, 4.69) is 4.98 Å². The van der Waals surface area contributed by atoms with Crippen LogP contribution < -0.4 is 4.74 Å². The van der Waals surface area contributed by atoms with Gasteiger partial charge in [-0.2, -0.15) is 0 Å². The van der Waals surface area contributed by atoms with Gasteiger partial charge in [0.15, 0.2) is 6.40 Å². The first kappa shape index (κ1) is 19.5. The Hall–Kier alpha value is -3.77. The van der Waals surface area contributed by atoms with E-state index in [9.17, 15) is 0 Å². The molecule has 0 spiro atoms. The van der Waals surface area contributed by atoms with Crippen molar-refractivity contribution in [2.75, 3.05) is 0 Å². The Labute approximate surface area is 178 Å². The molecule has 0 atom stereocenters. The molecule has 0 fully saturated rings. The van der Waals surface area contributed by atoms with E-state index in [1.165, 1.54) is 0 Å². The molecule has 6 heteroatoms. The van der Waals surface area contributed by atoms with Crippen LogP contribution >= 0.6 is 11.3 Å². The molecule has 30 heavy (non-hydrogen) atoms. The van der Waals surface area contributed by atoms with E-state index >= 15 is 0 Å². The first-order chi connectivity index (χ1) is 14.7. The van der Waals surface area contributed by atoms with E-state index in [1.54, 1.807) is 11.3 Å². The molecule has 5 nitrogen and oxygen atoms in total. The van der Waals surface area contributed by atoms with Gasteiger partial charge in [-0.1, -0.05) is 42.5 Å². The zero-order valence-electron chi connectivity index (χ0n) is 16.0. The number of benzene rings is 2. The number of thiophene rings is 1. The Kier molecular flexibility index (Phi) is 5.96. The third-order valence-corrected chi connectivity index (χ3v) is 5.28. The smallest absolute Gasteiger partial charge is 0.221 e. The number of nitrogens with zero attached hydrogens (tertiary/aromatic N) is 1. The van der Waals surface area contributed by atoms with Crippen LogP contribution in [0.15, 0.2) is 78.2 Å². The molecule has 0 radical (unpaired) electrons. The monoisotopic (exact) mass is 413 g/mol. The average Bonchev–Trinajstić information content (AvgIpc) is 3.30. The second kappa shape index (κ2) is 9.15. The molecule has 0 aliphatic carbocycles. The van der Waals surface area contributed by atoms with Gasteiger partial charge >= 0.3 is 0 Å². The normalized spacial score (nSPS) is 11.3. The minimum absolute atomic E-state index is 0.0765. The second-order valence-electron chi connectivity index (χ2n) is 6.45. The maximum atomic E-state index is 8.12. The minimum atomic E-state index is -0.0765. The van der Waals surface area contributed by atoms with Crippen molar-refractivity contribution in [3.05, 3.63) is 94.3 Å². The number of nitrogens with one attached hydrogen (secondary N) is 2. The molecule has 4 rings (SSSR count). The van der Waals surface area contributed by atoms with Crippen molar-refractivity contribution in [2.45, 2.75) is 6.61 Å². The lowest BCUT2D eigenvalue weighted by molar-refractivity contribution is 0.302. The fourth-order valence-electron chi connectivity index (χ4n) is 2.99. The minimum Gasteiger partial charge on any atom is -0.487 e. The van der Waals surface area contributed by atoms with Gasteiger partial charge < -0.3 is 9.47 Å². The lowest BCUT2D eigenvalue weighted by Gasteiger charge is -2.10. The zero-order valence-corrected chi connectivity index (χ0v) is 16.9. The Morgan fingerprint density at radius 3 is 2.57 bits per heavy atom. The number of para-hydroxylation sites is 1. The van der Waals surface area contributed by atoms with Crippen molar-refractivity contribution in [2.24, 2.45) is 0 Å². The van der Waals surface area contributed by atoms with Crippen molar-refractivity contribution in [1.82, 2.24) is 4.98 Å². The summed E-state index contributed by atoms with van der Waals surface area (Å²) in [5.41, 5.74) is 3.22. The molecule has 4 aromatic rings. The quantitative estimate of drug-likeness (QED) is 0.287. The van der Waals surface area contributed by atoms with Crippen LogP contribution in [0.2, 0.25) is 0 Å². The number of hydrogen-bond acceptors (Lipinski definition) is 6. The molecule has 0 bridgehead atoms. The van der Waals surface area contributed by atoms with Crippen LogP contribution in [0, 0.1) is 10.8 Å². The molecule has 0 aliphatic heterocycles. The highest BCUT2D eigenvalue weighted by Gasteiger charge is 2.11. The fourth-order valence-corrected chi connectivity index (χ4v) is 3.65. The molecule has 2 aromatic heterocycles. The highest BCUT2D eigenvalue weighted by atomic mass is 32.1. The number of rotatable bonds is 7. The molecule has 2 aromatic carbocycles. The lowest BCUT2D eigenvalue weighted by atomic mass is 10.0. The fraction of sp³-hybridized carbons (Fsp3) is 0.0417.